The van der Waals surface area contributed by atoms with E-state index in [4.69, 9.17) is 5.73 Å². The van der Waals surface area contributed by atoms with E-state index in [1.54, 1.807) is 30.6 Å². The number of halogens is 1. The van der Waals surface area contributed by atoms with Crippen LogP contribution in [0.25, 0.3) is 11.1 Å². The lowest BCUT2D eigenvalue weighted by Crippen LogP contribution is -2.06. The summed E-state index contributed by atoms with van der Waals surface area (Å²) in [6.07, 6.45) is 3.88. The molecule has 0 saturated carbocycles. The Morgan fingerprint density at radius 1 is 1.12 bits per heavy atom. The molecule has 1 aromatic carbocycles. The lowest BCUT2D eigenvalue weighted by molar-refractivity contribution is 0.631. The van der Waals surface area contributed by atoms with Gasteiger partial charge in [0.25, 0.3) is 0 Å². The molecular formula is C12H12FN3. The van der Waals surface area contributed by atoms with Gasteiger partial charge in [0.1, 0.15) is 11.6 Å². The highest BCUT2D eigenvalue weighted by atomic mass is 19.1. The second-order valence-corrected chi connectivity index (χ2v) is 3.41. The molecule has 3 nitrogen and oxygen atoms in total. The number of nitrogens with zero attached hydrogens (tertiary/aromatic N) is 2. The van der Waals surface area contributed by atoms with E-state index in [1.807, 2.05) is 0 Å². The van der Waals surface area contributed by atoms with Crippen molar-refractivity contribution in [1.29, 1.82) is 0 Å². The molecule has 16 heavy (non-hydrogen) atoms. The second-order valence-electron chi connectivity index (χ2n) is 3.41. The molecule has 0 amide bonds. The van der Waals surface area contributed by atoms with Gasteiger partial charge in [-0.3, -0.25) is 0 Å². The minimum Gasteiger partial charge on any atom is -0.330 e. The van der Waals surface area contributed by atoms with E-state index in [0.717, 1.165) is 0 Å². The number of aromatic nitrogens is 2. The molecule has 0 aliphatic heterocycles. The van der Waals surface area contributed by atoms with Crippen LogP contribution in [0.15, 0.2) is 36.7 Å². The van der Waals surface area contributed by atoms with Gasteiger partial charge in [-0.15, -0.1) is 0 Å². The fourth-order valence-electron chi connectivity index (χ4n) is 1.45. The highest BCUT2D eigenvalue weighted by Gasteiger charge is 2.04. The summed E-state index contributed by atoms with van der Waals surface area (Å²) in [7, 11) is 0. The van der Waals surface area contributed by atoms with Crippen LogP contribution in [0, 0.1) is 5.82 Å². The average Bonchev–Trinajstić information content (AvgIpc) is 2.31. The summed E-state index contributed by atoms with van der Waals surface area (Å²) in [6.45, 7) is 0.513. The first-order valence-corrected chi connectivity index (χ1v) is 5.07. The molecule has 82 valence electrons. The summed E-state index contributed by atoms with van der Waals surface area (Å²) in [6, 6.07) is 6.56. The number of benzene rings is 1. The van der Waals surface area contributed by atoms with Gasteiger partial charge in [0.2, 0.25) is 0 Å². The third-order valence-corrected chi connectivity index (χ3v) is 2.26. The van der Waals surface area contributed by atoms with Crippen LogP contribution in [-0.4, -0.2) is 16.5 Å². The van der Waals surface area contributed by atoms with Gasteiger partial charge in [-0.2, -0.15) is 0 Å². The van der Waals surface area contributed by atoms with E-state index in [0.29, 0.717) is 29.9 Å². The third kappa shape index (κ3) is 2.23. The molecule has 1 heterocycles. The number of nitrogens with two attached hydrogens (primary N) is 1. The Bertz CT molecular complexity index is 468. The highest BCUT2D eigenvalue weighted by Crippen LogP contribution is 2.20. The van der Waals surface area contributed by atoms with Crippen LogP contribution in [0.2, 0.25) is 0 Å². The minimum absolute atomic E-state index is 0.266. The van der Waals surface area contributed by atoms with Crippen LogP contribution in [-0.2, 0) is 6.42 Å². The zero-order valence-electron chi connectivity index (χ0n) is 8.73. The zero-order valence-corrected chi connectivity index (χ0v) is 8.73. The molecule has 0 radical (unpaired) electrons. The van der Waals surface area contributed by atoms with Gasteiger partial charge in [0.15, 0.2) is 0 Å². The quantitative estimate of drug-likeness (QED) is 0.852. The van der Waals surface area contributed by atoms with E-state index < -0.39 is 0 Å². The van der Waals surface area contributed by atoms with Crippen LogP contribution >= 0.6 is 0 Å². The van der Waals surface area contributed by atoms with Crippen molar-refractivity contribution in [1.82, 2.24) is 9.97 Å². The molecule has 0 fully saturated rings. The van der Waals surface area contributed by atoms with E-state index in [9.17, 15) is 4.39 Å². The van der Waals surface area contributed by atoms with E-state index >= 15 is 0 Å². The molecule has 0 aliphatic rings. The summed E-state index contributed by atoms with van der Waals surface area (Å²) in [5.74, 6) is 0.417. The summed E-state index contributed by atoms with van der Waals surface area (Å²) in [5, 5.41) is 0. The maximum absolute atomic E-state index is 13.4. The molecule has 4 heteroatoms. The topological polar surface area (TPSA) is 51.8 Å². The Kier molecular flexibility index (Phi) is 3.22. The first kappa shape index (κ1) is 10.7. The van der Waals surface area contributed by atoms with Crippen molar-refractivity contribution in [3.05, 3.63) is 48.3 Å². The SMILES string of the molecule is NCCc1ncc(-c2ccccc2F)cn1. The maximum atomic E-state index is 13.4. The fraction of sp³-hybridized carbons (Fsp3) is 0.167. The molecule has 0 saturated heterocycles. The second kappa shape index (κ2) is 4.81. The van der Waals surface area contributed by atoms with E-state index in [1.165, 1.54) is 6.07 Å². The predicted octanol–water partition coefficient (Wildman–Crippen LogP) is 1.78. The Morgan fingerprint density at radius 2 is 1.81 bits per heavy atom. The number of rotatable bonds is 3. The van der Waals surface area contributed by atoms with Crippen LogP contribution < -0.4 is 5.73 Å². The minimum atomic E-state index is -0.266. The lowest BCUT2D eigenvalue weighted by Gasteiger charge is -2.03. The van der Waals surface area contributed by atoms with Crippen molar-refractivity contribution in [2.45, 2.75) is 6.42 Å². The molecule has 0 unspecified atom stereocenters. The fourth-order valence-corrected chi connectivity index (χ4v) is 1.45. The Labute approximate surface area is 93.2 Å². The number of hydrogen-bond donors (Lipinski definition) is 1. The number of hydrogen-bond acceptors (Lipinski definition) is 3. The predicted molar refractivity (Wildman–Crippen MR) is 60.2 cm³/mol. The lowest BCUT2D eigenvalue weighted by atomic mass is 10.1. The maximum Gasteiger partial charge on any atom is 0.131 e. The molecule has 0 atom stereocenters. The highest BCUT2D eigenvalue weighted by molar-refractivity contribution is 5.61. The van der Waals surface area contributed by atoms with Crippen LogP contribution in [0.1, 0.15) is 5.82 Å². The smallest absolute Gasteiger partial charge is 0.131 e. The summed E-state index contributed by atoms with van der Waals surface area (Å²) < 4.78 is 13.4. The molecule has 0 bridgehead atoms. The van der Waals surface area contributed by atoms with Gasteiger partial charge in [-0.25, -0.2) is 14.4 Å². The van der Waals surface area contributed by atoms with Gasteiger partial charge in [-0.1, -0.05) is 18.2 Å². The molecule has 0 spiro atoms. The Morgan fingerprint density at radius 3 is 2.44 bits per heavy atom. The normalized spacial score (nSPS) is 10.4. The van der Waals surface area contributed by atoms with Crippen LogP contribution in [0.3, 0.4) is 0 Å². The zero-order chi connectivity index (χ0) is 11.4. The standard InChI is InChI=1S/C12H12FN3/c13-11-4-2-1-3-10(11)9-7-15-12(5-6-14)16-8-9/h1-4,7-8H,5-6,14H2. The molecule has 1 aromatic heterocycles. The van der Waals surface area contributed by atoms with Crippen LogP contribution in [0.5, 0.6) is 0 Å². The van der Waals surface area contributed by atoms with Crippen molar-refractivity contribution in [3.63, 3.8) is 0 Å². The van der Waals surface area contributed by atoms with Crippen molar-refractivity contribution < 1.29 is 4.39 Å². The summed E-state index contributed by atoms with van der Waals surface area (Å²) in [5.41, 5.74) is 6.59. The van der Waals surface area contributed by atoms with E-state index in [2.05, 4.69) is 9.97 Å². The molecule has 2 N–H and O–H groups in total. The Hall–Kier alpha value is -1.81. The van der Waals surface area contributed by atoms with Gasteiger partial charge >= 0.3 is 0 Å². The first-order chi connectivity index (χ1) is 7.81. The van der Waals surface area contributed by atoms with Gasteiger partial charge in [-0.05, 0) is 12.6 Å². The van der Waals surface area contributed by atoms with Crippen LogP contribution in [0.4, 0.5) is 4.39 Å². The molecule has 2 rings (SSSR count). The third-order valence-electron chi connectivity index (χ3n) is 2.26. The molecular weight excluding hydrogens is 205 g/mol. The van der Waals surface area contributed by atoms with Crippen molar-refractivity contribution in [3.8, 4) is 11.1 Å². The average molecular weight is 217 g/mol. The summed E-state index contributed by atoms with van der Waals surface area (Å²) in [4.78, 5) is 8.26. The Balaban J connectivity index is 2.31. The summed E-state index contributed by atoms with van der Waals surface area (Å²) >= 11 is 0. The van der Waals surface area contributed by atoms with Gasteiger partial charge in [0.05, 0.1) is 0 Å². The van der Waals surface area contributed by atoms with Crippen molar-refractivity contribution in [2.24, 2.45) is 5.73 Å². The monoisotopic (exact) mass is 217 g/mol. The molecule has 0 aliphatic carbocycles. The van der Waals surface area contributed by atoms with Gasteiger partial charge < -0.3 is 5.73 Å². The van der Waals surface area contributed by atoms with Gasteiger partial charge in [0, 0.05) is 29.9 Å². The molecule has 2 aromatic rings. The van der Waals surface area contributed by atoms with Crippen molar-refractivity contribution in [2.75, 3.05) is 6.54 Å². The van der Waals surface area contributed by atoms with E-state index in [-0.39, 0.29) is 5.82 Å². The first-order valence-electron chi connectivity index (χ1n) is 5.07. The largest absolute Gasteiger partial charge is 0.330 e. The van der Waals surface area contributed by atoms with Crippen molar-refractivity contribution >= 4 is 0 Å².